The summed E-state index contributed by atoms with van der Waals surface area (Å²) in [4.78, 5) is 10.2. The van der Waals surface area contributed by atoms with E-state index in [1.807, 2.05) is 12.1 Å². The Morgan fingerprint density at radius 1 is 1.47 bits per heavy atom. The molecule has 0 fully saturated rings. The fourth-order valence-corrected chi connectivity index (χ4v) is 0.987. The number of carboxylic acid groups (broad SMARTS) is 1. The molecule has 1 aromatic rings. The van der Waals surface area contributed by atoms with Gasteiger partial charge in [0.15, 0.2) is 0 Å². The molecule has 0 bridgehead atoms. The number of carbonyl (C=O) groups is 1. The Balaban J connectivity index is 2.69. The van der Waals surface area contributed by atoms with E-state index in [0.717, 1.165) is 5.69 Å². The van der Waals surface area contributed by atoms with Crippen molar-refractivity contribution >= 4 is 11.7 Å². The maximum atomic E-state index is 10.2. The predicted molar refractivity (Wildman–Crippen MR) is 59.6 cm³/mol. The van der Waals surface area contributed by atoms with Crippen LogP contribution in [0.3, 0.4) is 0 Å². The van der Waals surface area contributed by atoms with Crippen molar-refractivity contribution in [3.63, 3.8) is 0 Å². The summed E-state index contributed by atoms with van der Waals surface area (Å²) in [6, 6.07) is 7.22. The Morgan fingerprint density at radius 2 is 2.13 bits per heavy atom. The summed E-state index contributed by atoms with van der Waals surface area (Å²) >= 11 is 0. The smallest absolute Gasteiger partial charge is 0.382 e. The van der Waals surface area contributed by atoms with Gasteiger partial charge in [-0.2, -0.15) is 0 Å². The fourth-order valence-electron chi connectivity index (χ4n) is 0.987. The molecule has 0 radical (unpaired) electrons. The van der Waals surface area contributed by atoms with Gasteiger partial charge < -0.3 is 10.4 Å². The molecule has 0 spiro atoms. The molecule has 0 aromatic heterocycles. The van der Waals surface area contributed by atoms with Crippen molar-refractivity contribution in [2.75, 3.05) is 11.9 Å². The second-order valence-corrected chi connectivity index (χ2v) is 2.80. The van der Waals surface area contributed by atoms with Crippen LogP contribution in [-0.4, -0.2) is 17.6 Å². The predicted octanol–water partition coefficient (Wildman–Crippen LogP) is 1.72. The molecule has 0 saturated carbocycles. The molecular formula is C12H11NO2. The number of nitrogens with one attached hydrogen (secondary N) is 1. The van der Waals surface area contributed by atoms with Crippen molar-refractivity contribution in [2.45, 2.75) is 0 Å². The minimum Gasteiger partial charge on any atom is -0.472 e. The molecule has 0 atom stereocenters. The topological polar surface area (TPSA) is 49.3 Å². The molecule has 0 aliphatic heterocycles. The molecular weight excluding hydrogens is 190 g/mol. The molecule has 15 heavy (non-hydrogen) atoms. The zero-order valence-electron chi connectivity index (χ0n) is 8.16. The zero-order valence-corrected chi connectivity index (χ0v) is 8.16. The van der Waals surface area contributed by atoms with Crippen LogP contribution in [0.2, 0.25) is 0 Å². The molecule has 0 unspecified atom stereocenters. The van der Waals surface area contributed by atoms with Crippen LogP contribution in [-0.2, 0) is 4.79 Å². The SMILES string of the molecule is C=CCNc1ccc(C#CC(=O)O)cc1. The minimum atomic E-state index is -1.12. The van der Waals surface area contributed by atoms with Crippen molar-refractivity contribution < 1.29 is 9.90 Å². The monoisotopic (exact) mass is 201 g/mol. The number of aliphatic carboxylic acids is 1. The first kappa shape index (κ1) is 10.9. The fraction of sp³-hybridized carbons (Fsp3) is 0.0833. The van der Waals surface area contributed by atoms with Crippen LogP contribution in [0.5, 0.6) is 0 Å². The summed E-state index contributed by atoms with van der Waals surface area (Å²) in [5, 5.41) is 11.5. The highest BCUT2D eigenvalue weighted by Gasteiger charge is 1.90. The maximum Gasteiger partial charge on any atom is 0.382 e. The number of hydrogen-bond donors (Lipinski definition) is 2. The first-order valence-electron chi connectivity index (χ1n) is 4.42. The Morgan fingerprint density at radius 3 is 2.67 bits per heavy atom. The molecule has 3 heteroatoms. The number of carboxylic acids is 1. The van der Waals surface area contributed by atoms with Gasteiger partial charge in [-0.15, -0.1) is 6.58 Å². The average molecular weight is 201 g/mol. The van der Waals surface area contributed by atoms with E-state index in [-0.39, 0.29) is 0 Å². The van der Waals surface area contributed by atoms with Gasteiger partial charge in [-0.25, -0.2) is 4.79 Å². The van der Waals surface area contributed by atoms with Crippen LogP contribution in [0.1, 0.15) is 5.56 Å². The maximum absolute atomic E-state index is 10.2. The van der Waals surface area contributed by atoms with E-state index < -0.39 is 5.97 Å². The molecule has 76 valence electrons. The Hall–Kier alpha value is -2.21. The van der Waals surface area contributed by atoms with Crippen molar-refractivity contribution in [1.29, 1.82) is 0 Å². The van der Waals surface area contributed by atoms with Crippen LogP contribution in [0.25, 0.3) is 0 Å². The molecule has 1 aromatic carbocycles. The number of anilines is 1. The van der Waals surface area contributed by atoms with Crippen molar-refractivity contribution in [2.24, 2.45) is 0 Å². The van der Waals surface area contributed by atoms with Crippen LogP contribution in [0.15, 0.2) is 36.9 Å². The number of benzene rings is 1. The second-order valence-electron chi connectivity index (χ2n) is 2.80. The lowest BCUT2D eigenvalue weighted by Gasteiger charge is -2.01. The van der Waals surface area contributed by atoms with Gasteiger partial charge >= 0.3 is 5.97 Å². The highest BCUT2D eigenvalue weighted by molar-refractivity contribution is 5.87. The van der Waals surface area contributed by atoms with E-state index >= 15 is 0 Å². The summed E-state index contributed by atoms with van der Waals surface area (Å²) in [5.74, 6) is 3.46. The first-order valence-corrected chi connectivity index (χ1v) is 4.42. The normalized spacial score (nSPS) is 8.53. The molecule has 3 nitrogen and oxygen atoms in total. The van der Waals surface area contributed by atoms with Crippen LogP contribution in [0.4, 0.5) is 5.69 Å². The van der Waals surface area contributed by atoms with Crippen molar-refractivity contribution in [1.82, 2.24) is 0 Å². The number of rotatable bonds is 3. The number of hydrogen-bond acceptors (Lipinski definition) is 2. The van der Waals surface area contributed by atoms with Gasteiger partial charge in [0.05, 0.1) is 0 Å². The van der Waals surface area contributed by atoms with Crippen LogP contribution >= 0.6 is 0 Å². The second kappa shape index (κ2) is 5.51. The summed E-state index contributed by atoms with van der Waals surface area (Å²) in [6.45, 7) is 4.29. The lowest BCUT2D eigenvalue weighted by molar-refractivity contribution is -0.130. The van der Waals surface area contributed by atoms with E-state index in [1.165, 1.54) is 0 Å². The summed E-state index contributed by atoms with van der Waals surface area (Å²) in [5.41, 5.74) is 1.64. The largest absolute Gasteiger partial charge is 0.472 e. The van der Waals surface area contributed by atoms with E-state index in [2.05, 4.69) is 23.7 Å². The Labute approximate surface area is 88.4 Å². The third-order valence-corrected chi connectivity index (χ3v) is 1.65. The van der Waals surface area contributed by atoms with Gasteiger partial charge in [0.2, 0.25) is 0 Å². The summed E-state index contributed by atoms with van der Waals surface area (Å²) in [7, 11) is 0. The molecule has 0 saturated heterocycles. The lowest BCUT2D eigenvalue weighted by Crippen LogP contribution is -1.96. The summed E-state index contributed by atoms with van der Waals surface area (Å²) < 4.78 is 0. The van der Waals surface area contributed by atoms with Gasteiger partial charge in [0, 0.05) is 23.7 Å². The summed E-state index contributed by atoms with van der Waals surface area (Å²) in [6.07, 6.45) is 1.76. The van der Waals surface area contributed by atoms with Crippen molar-refractivity contribution in [3.05, 3.63) is 42.5 Å². The van der Waals surface area contributed by atoms with Crippen molar-refractivity contribution in [3.8, 4) is 11.8 Å². The van der Waals surface area contributed by atoms with Crippen LogP contribution < -0.4 is 5.32 Å². The van der Waals surface area contributed by atoms with E-state index in [1.54, 1.807) is 18.2 Å². The molecule has 0 aliphatic carbocycles. The molecule has 2 N–H and O–H groups in total. The van der Waals surface area contributed by atoms with Crippen LogP contribution in [0, 0.1) is 11.8 Å². The quantitative estimate of drug-likeness (QED) is 0.578. The van der Waals surface area contributed by atoms with Gasteiger partial charge in [-0.3, -0.25) is 0 Å². The van der Waals surface area contributed by atoms with Gasteiger partial charge in [-0.05, 0) is 24.3 Å². The average Bonchev–Trinajstić information content (AvgIpc) is 2.25. The minimum absolute atomic E-state index is 0.682. The van der Waals surface area contributed by atoms with Gasteiger partial charge in [0.25, 0.3) is 0 Å². The highest BCUT2D eigenvalue weighted by atomic mass is 16.4. The van der Waals surface area contributed by atoms with Gasteiger partial charge in [-0.1, -0.05) is 12.0 Å². The highest BCUT2D eigenvalue weighted by Crippen LogP contribution is 2.07. The van der Waals surface area contributed by atoms with E-state index in [4.69, 9.17) is 5.11 Å². The molecule has 0 heterocycles. The molecule has 1 rings (SSSR count). The Bertz CT molecular complexity index is 409. The first-order chi connectivity index (χ1) is 7.22. The van der Waals surface area contributed by atoms with Gasteiger partial charge in [0.1, 0.15) is 0 Å². The van der Waals surface area contributed by atoms with E-state index in [9.17, 15) is 4.79 Å². The third kappa shape index (κ3) is 4.01. The lowest BCUT2D eigenvalue weighted by atomic mass is 10.2. The van der Waals surface area contributed by atoms with E-state index in [0.29, 0.717) is 12.1 Å². The molecule has 0 aliphatic rings. The molecule has 0 amide bonds. The zero-order chi connectivity index (χ0) is 11.1. The Kier molecular flexibility index (Phi) is 3.99. The third-order valence-electron chi connectivity index (χ3n) is 1.65. The standard InChI is InChI=1S/C12H11NO2/c1-2-9-13-11-6-3-10(4-7-11)5-8-12(14)15/h2-4,6-7,13H,1,9H2,(H,14,15).